The molecule has 47 heavy (non-hydrogen) atoms. The van der Waals surface area contributed by atoms with Crippen molar-refractivity contribution in [2.24, 2.45) is 5.92 Å². The Balaban J connectivity index is 1.14. The Labute approximate surface area is 281 Å². The minimum absolute atomic E-state index is 0.00976. The second kappa shape index (κ2) is 15.0. The number of likely N-dealkylation sites (tertiary alicyclic amines) is 2. The maximum atomic E-state index is 14.1. The molecule has 0 spiro atoms. The van der Waals surface area contributed by atoms with Crippen LogP contribution < -0.4 is 5.32 Å². The van der Waals surface area contributed by atoms with Crippen LogP contribution >= 0.6 is 11.3 Å². The summed E-state index contributed by atoms with van der Waals surface area (Å²) in [7, 11) is 3.46. The number of methoxy groups -OCH3 is 2. The molecule has 2 aliphatic heterocycles. The van der Waals surface area contributed by atoms with Gasteiger partial charge in [0.25, 0.3) is 5.91 Å². The van der Waals surface area contributed by atoms with E-state index in [4.69, 9.17) is 14.2 Å². The number of rotatable bonds is 11. The van der Waals surface area contributed by atoms with Crippen LogP contribution in [0.15, 0.2) is 41.8 Å². The van der Waals surface area contributed by atoms with Gasteiger partial charge >= 0.3 is 0 Å². The van der Waals surface area contributed by atoms with Crippen LogP contribution in [-0.4, -0.2) is 98.8 Å². The van der Waals surface area contributed by atoms with Gasteiger partial charge in [0.15, 0.2) is 0 Å². The Bertz CT molecular complexity index is 1570. The lowest BCUT2D eigenvalue weighted by Gasteiger charge is -2.29. The average Bonchev–Trinajstić information content (AvgIpc) is 3.83. The van der Waals surface area contributed by atoms with Gasteiger partial charge in [0.05, 0.1) is 42.9 Å². The minimum Gasteiger partial charge on any atom is -0.377 e. The van der Waals surface area contributed by atoms with Crippen LogP contribution in [-0.2, 0) is 30.2 Å². The third kappa shape index (κ3) is 7.47. The number of hydrogen-bond donors (Lipinski definition) is 1. The van der Waals surface area contributed by atoms with E-state index in [1.807, 2.05) is 60.5 Å². The van der Waals surface area contributed by atoms with E-state index < -0.39 is 0 Å². The van der Waals surface area contributed by atoms with Gasteiger partial charge in [0, 0.05) is 67.0 Å². The molecule has 3 heterocycles. The monoisotopic (exact) mass is 661 g/mol. The van der Waals surface area contributed by atoms with Crippen molar-refractivity contribution in [3.63, 3.8) is 0 Å². The number of benzene rings is 2. The van der Waals surface area contributed by atoms with Crippen molar-refractivity contribution in [3.05, 3.63) is 64.0 Å². The van der Waals surface area contributed by atoms with Gasteiger partial charge in [-0.1, -0.05) is 24.3 Å². The number of fused-ring (bicyclic) bond motifs is 1. The summed E-state index contributed by atoms with van der Waals surface area (Å²) >= 11 is 1.56. The molecule has 2 aromatic carbocycles. The number of nitrogens with one attached hydrogen (secondary N) is 1. The first kappa shape index (κ1) is 33.7. The fourth-order valence-electron chi connectivity index (χ4n) is 7.59. The quantitative estimate of drug-likeness (QED) is 0.275. The number of ether oxygens (including phenoxy) is 3. The lowest BCUT2D eigenvalue weighted by molar-refractivity contribution is -0.133. The largest absolute Gasteiger partial charge is 0.377 e. The standard InChI is InChI=1S/C37H47N3O6S/c1-23-14-32(38-37(43)31-22-47-35-8-6-5-7-30(31)35)24(2)13-26(23)15-36(42)40-17-27(39-18-33(44-3)34(19-39)45-4)16-28(40)21-46-29-11-9-25(20-41)10-12-29/h5-8,13-14,20,22,25,27-29,33-34H,9-12,15-19,21H2,1-4H3,(H,38,43)/t25-,27-,28-,29-,33-,34+/m0/s1. The summed E-state index contributed by atoms with van der Waals surface area (Å²) in [6.07, 6.45) is 5.85. The van der Waals surface area contributed by atoms with E-state index in [-0.39, 0.29) is 54.5 Å². The van der Waals surface area contributed by atoms with E-state index >= 15 is 0 Å². The number of amides is 2. The molecule has 9 nitrogen and oxygen atoms in total. The smallest absolute Gasteiger partial charge is 0.257 e. The minimum atomic E-state index is -0.132. The van der Waals surface area contributed by atoms with Crippen molar-refractivity contribution in [2.45, 2.75) is 82.8 Å². The molecule has 0 radical (unpaired) electrons. The Morgan fingerprint density at radius 3 is 2.40 bits per heavy atom. The SMILES string of the molecule is CO[C@H]1CN([C@H]2C[C@@H](CO[C@H]3CC[C@H](C=O)CC3)N(C(=O)Cc3cc(C)c(NC(=O)c4csc5ccccc45)cc3C)C2)C[C@H]1OC. The molecule has 0 bridgehead atoms. The highest BCUT2D eigenvalue weighted by Crippen LogP contribution is 2.32. The molecule has 2 saturated heterocycles. The van der Waals surface area contributed by atoms with E-state index in [0.717, 1.165) is 83.9 Å². The van der Waals surface area contributed by atoms with E-state index in [2.05, 4.69) is 10.2 Å². The number of nitrogens with zero attached hydrogens (tertiary/aromatic N) is 2. The van der Waals surface area contributed by atoms with Crippen molar-refractivity contribution in [3.8, 4) is 0 Å². The van der Waals surface area contributed by atoms with Crippen LogP contribution in [0.1, 0.15) is 59.2 Å². The second-order valence-corrected chi connectivity index (χ2v) is 14.4. The summed E-state index contributed by atoms with van der Waals surface area (Å²) < 4.78 is 18.9. The molecule has 1 aromatic heterocycles. The molecular weight excluding hydrogens is 614 g/mol. The zero-order valence-corrected chi connectivity index (χ0v) is 28.7. The van der Waals surface area contributed by atoms with Gasteiger partial charge in [-0.3, -0.25) is 14.5 Å². The molecule has 0 unspecified atom stereocenters. The van der Waals surface area contributed by atoms with Crippen LogP contribution in [0.5, 0.6) is 0 Å². The molecule has 3 fully saturated rings. The maximum Gasteiger partial charge on any atom is 0.257 e. The molecule has 4 atom stereocenters. The third-order valence-electron chi connectivity index (χ3n) is 10.5. The van der Waals surface area contributed by atoms with Gasteiger partial charge in [-0.05, 0) is 74.8 Å². The van der Waals surface area contributed by atoms with E-state index in [1.54, 1.807) is 25.6 Å². The third-order valence-corrected chi connectivity index (χ3v) is 11.5. The van der Waals surface area contributed by atoms with Crippen molar-refractivity contribution in [1.29, 1.82) is 0 Å². The van der Waals surface area contributed by atoms with Crippen LogP contribution in [0.2, 0.25) is 0 Å². The van der Waals surface area contributed by atoms with E-state index in [1.165, 1.54) is 0 Å². The zero-order valence-electron chi connectivity index (χ0n) is 27.9. The fourth-order valence-corrected chi connectivity index (χ4v) is 8.53. The zero-order chi connectivity index (χ0) is 33.1. The lowest BCUT2D eigenvalue weighted by Crippen LogP contribution is -2.41. The summed E-state index contributed by atoms with van der Waals surface area (Å²) in [4.78, 5) is 43.0. The molecule has 1 saturated carbocycles. The topological polar surface area (TPSA) is 97.4 Å². The predicted molar refractivity (Wildman–Crippen MR) is 184 cm³/mol. The average molecular weight is 662 g/mol. The van der Waals surface area contributed by atoms with Crippen LogP contribution in [0.3, 0.4) is 0 Å². The van der Waals surface area contributed by atoms with Crippen molar-refractivity contribution in [1.82, 2.24) is 9.80 Å². The normalized spacial score (nSPS) is 26.6. The van der Waals surface area contributed by atoms with E-state index in [9.17, 15) is 14.4 Å². The highest BCUT2D eigenvalue weighted by molar-refractivity contribution is 7.17. The van der Waals surface area contributed by atoms with Crippen molar-refractivity contribution in [2.75, 3.05) is 45.8 Å². The summed E-state index contributed by atoms with van der Waals surface area (Å²) in [6.45, 7) is 6.66. The number of aldehydes is 1. The molecule has 6 rings (SSSR count). The van der Waals surface area contributed by atoms with Gasteiger partial charge in [-0.25, -0.2) is 0 Å². The first-order valence-corrected chi connectivity index (χ1v) is 17.7. The summed E-state index contributed by atoms with van der Waals surface area (Å²) in [6, 6.07) is 12.1. The molecule has 1 N–H and O–H groups in total. The maximum absolute atomic E-state index is 14.1. The summed E-state index contributed by atoms with van der Waals surface area (Å²) in [5.74, 6) is 0.0941. The molecule has 2 amide bonds. The van der Waals surface area contributed by atoms with Gasteiger partial charge in [-0.15, -0.1) is 11.3 Å². The Hall–Kier alpha value is -3.15. The molecule has 3 aliphatic rings. The fraction of sp³-hybridized carbons (Fsp3) is 0.541. The number of thiophene rings is 1. The van der Waals surface area contributed by atoms with Gasteiger partial charge in [-0.2, -0.15) is 0 Å². The number of anilines is 1. The van der Waals surface area contributed by atoms with Crippen molar-refractivity contribution < 1.29 is 28.6 Å². The van der Waals surface area contributed by atoms with Crippen LogP contribution in [0.25, 0.3) is 10.1 Å². The first-order chi connectivity index (χ1) is 22.8. The van der Waals surface area contributed by atoms with E-state index in [0.29, 0.717) is 18.7 Å². The molecular formula is C37H47N3O6S. The second-order valence-electron chi connectivity index (χ2n) is 13.5. The number of hydrogen-bond acceptors (Lipinski definition) is 8. The van der Waals surface area contributed by atoms with Crippen LogP contribution in [0, 0.1) is 19.8 Å². The molecule has 252 valence electrons. The van der Waals surface area contributed by atoms with Crippen LogP contribution in [0.4, 0.5) is 5.69 Å². The number of aryl methyl sites for hydroxylation is 2. The highest BCUT2D eigenvalue weighted by Gasteiger charge is 2.43. The van der Waals surface area contributed by atoms with Gasteiger partial charge < -0.3 is 29.2 Å². The van der Waals surface area contributed by atoms with Gasteiger partial charge in [0.1, 0.15) is 6.29 Å². The molecule has 1 aliphatic carbocycles. The number of carbonyl (C=O) groups excluding carboxylic acids is 3. The number of carbonyl (C=O) groups is 3. The lowest BCUT2D eigenvalue weighted by atomic mass is 9.88. The Morgan fingerprint density at radius 2 is 1.70 bits per heavy atom. The highest BCUT2D eigenvalue weighted by atomic mass is 32.1. The Kier molecular flexibility index (Phi) is 10.7. The Morgan fingerprint density at radius 1 is 0.979 bits per heavy atom. The molecule has 10 heteroatoms. The summed E-state index contributed by atoms with van der Waals surface area (Å²) in [5, 5.41) is 5.96. The first-order valence-electron chi connectivity index (χ1n) is 16.8. The predicted octanol–water partition coefficient (Wildman–Crippen LogP) is 5.40. The summed E-state index contributed by atoms with van der Waals surface area (Å²) in [5.41, 5.74) is 4.27. The van der Waals surface area contributed by atoms with Gasteiger partial charge in [0.2, 0.25) is 5.91 Å². The van der Waals surface area contributed by atoms with Crippen molar-refractivity contribution >= 4 is 45.2 Å². The molecule has 3 aromatic rings.